The normalized spacial score (nSPS) is 10.4. The summed E-state index contributed by atoms with van der Waals surface area (Å²) >= 11 is 1.51. The summed E-state index contributed by atoms with van der Waals surface area (Å²) < 4.78 is 0. The standard InChI is InChI=1S/C10H10N2OS/c1-7-10(14-9(6-13)12-7)8-3-2-4-11-5-8/h2-5,13H,6H2,1H3. The molecular formula is C10H10N2OS. The molecule has 0 fully saturated rings. The third kappa shape index (κ3) is 1.66. The van der Waals surface area contributed by atoms with Crippen LogP contribution in [0.1, 0.15) is 10.7 Å². The molecule has 14 heavy (non-hydrogen) atoms. The van der Waals surface area contributed by atoms with Crippen molar-refractivity contribution in [3.05, 3.63) is 35.2 Å². The summed E-state index contributed by atoms with van der Waals surface area (Å²) in [6.45, 7) is 1.95. The van der Waals surface area contributed by atoms with E-state index in [0.717, 1.165) is 21.1 Å². The maximum absolute atomic E-state index is 8.95. The molecule has 0 bridgehead atoms. The molecule has 0 amide bonds. The fourth-order valence-corrected chi connectivity index (χ4v) is 2.20. The van der Waals surface area contributed by atoms with E-state index in [4.69, 9.17) is 5.11 Å². The van der Waals surface area contributed by atoms with Gasteiger partial charge in [0.1, 0.15) is 5.01 Å². The molecular weight excluding hydrogens is 196 g/mol. The van der Waals surface area contributed by atoms with Crippen LogP contribution in [0, 0.1) is 6.92 Å². The van der Waals surface area contributed by atoms with Gasteiger partial charge in [-0.05, 0) is 13.0 Å². The molecule has 2 heterocycles. The average Bonchev–Trinajstić information content (AvgIpc) is 2.61. The SMILES string of the molecule is Cc1nc(CO)sc1-c1cccnc1. The number of aliphatic hydroxyl groups excluding tert-OH is 1. The zero-order valence-electron chi connectivity index (χ0n) is 7.77. The molecule has 0 aliphatic heterocycles. The molecule has 3 nitrogen and oxygen atoms in total. The van der Waals surface area contributed by atoms with Crippen LogP contribution < -0.4 is 0 Å². The van der Waals surface area contributed by atoms with E-state index in [2.05, 4.69) is 9.97 Å². The average molecular weight is 206 g/mol. The van der Waals surface area contributed by atoms with E-state index in [0.29, 0.717) is 0 Å². The van der Waals surface area contributed by atoms with Gasteiger partial charge in [-0.3, -0.25) is 4.98 Å². The van der Waals surface area contributed by atoms with E-state index in [1.807, 2.05) is 25.3 Å². The Morgan fingerprint density at radius 2 is 2.36 bits per heavy atom. The second kappa shape index (κ2) is 3.86. The largest absolute Gasteiger partial charge is 0.389 e. The van der Waals surface area contributed by atoms with Crippen molar-refractivity contribution in [2.45, 2.75) is 13.5 Å². The minimum Gasteiger partial charge on any atom is -0.389 e. The molecule has 1 N–H and O–H groups in total. The molecule has 4 heteroatoms. The molecule has 0 radical (unpaired) electrons. The zero-order chi connectivity index (χ0) is 9.97. The van der Waals surface area contributed by atoms with Crippen molar-refractivity contribution >= 4 is 11.3 Å². The fourth-order valence-electron chi connectivity index (χ4n) is 1.28. The molecule has 2 aromatic heterocycles. The lowest BCUT2D eigenvalue weighted by Gasteiger charge is -1.95. The molecule has 2 rings (SSSR count). The van der Waals surface area contributed by atoms with Gasteiger partial charge < -0.3 is 5.11 Å². The van der Waals surface area contributed by atoms with E-state index in [9.17, 15) is 0 Å². The van der Waals surface area contributed by atoms with E-state index >= 15 is 0 Å². The first kappa shape index (κ1) is 9.30. The highest BCUT2D eigenvalue weighted by molar-refractivity contribution is 7.15. The molecule has 0 atom stereocenters. The van der Waals surface area contributed by atoms with Crippen LogP contribution in [0.2, 0.25) is 0 Å². The number of thiazole rings is 1. The number of hydrogen-bond acceptors (Lipinski definition) is 4. The van der Waals surface area contributed by atoms with E-state index in [1.54, 1.807) is 6.20 Å². The second-order valence-electron chi connectivity index (χ2n) is 2.92. The third-order valence-electron chi connectivity index (χ3n) is 1.90. The van der Waals surface area contributed by atoms with Crippen molar-refractivity contribution in [1.82, 2.24) is 9.97 Å². The predicted molar refractivity (Wildman–Crippen MR) is 56.0 cm³/mol. The second-order valence-corrected chi connectivity index (χ2v) is 4.01. The van der Waals surface area contributed by atoms with Crippen molar-refractivity contribution in [1.29, 1.82) is 0 Å². The number of aliphatic hydroxyl groups is 1. The summed E-state index contributed by atoms with van der Waals surface area (Å²) in [6, 6.07) is 3.89. The summed E-state index contributed by atoms with van der Waals surface area (Å²) in [7, 11) is 0. The Morgan fingerprint density at radius 3 is 2.93 bits per heavy atom. The lowest BCUT2D eigenvalue weighted by atomic mass is 10.2. The minimum atomic E-state index is 0.00572. The number of aryl methyl sites for hydroxylation is 1. The van der Waals surface area contributed by atoms with Gasteiger partial charge in [0.25, 0.3) is 0 Å². The van der Waals surface area contributed by atoms with Crippen LogP contribution in [-0.4, -0.2) is 15.1 Å². The van der Waals surface area contributed by atoms with E-state index in [-0.39, 0.29) is 6.61 Å². The first-order valence-electron chi connectivity index (χ1n) is 4.29. The van der Waals surface area contributed by atoms with Gasteiger partial charge in [0.2, 0.25) is 0 Å². The van der Waals surface area contributed by atoms with Gasteiger partial charge in [-0.2, -0.15) is 0 Å². The summed E-state index contributed by atoms with van der Waals surface area (Å²) in [4.78, 5) is 9.39. The van der Waals surface area contributed by atoms with Crippen LogP contribution in [0.25, 0.3) is 10.4 Å². The topological polar surface area (TPSA) is 46.0 Å². The number of hydrogen-bond donors (Lipinski definition) is 1. The van der Waals surface area contributed by atoms with Gasteiger partial charge in [-0.25, -0.2) is 4.98 Å². The molecule has 0 spiro atoms. The van der Waals surface area contributed by atoms with Gasteiger partial charge in [-0.1, -0.05) is 6.07 Å². The lowest BCUT2D eigenvalue weighted by molar-refractivity contribution is 0.281. The van der Waals surface area contributed by atoms with E-state index < -0.39 is 0 Å². The zero-order valence-corrected chi connectivity index (χ0v) is 8.58. The molecule has 0 saturated carbocycles. The lowest BCUT2D eigenvalue weighted by Crippen LogP contribution is -1.80. The first-order chi connectivity index (χ1) is 6.81. The van der Waals surface area contributed by atoms with Crippen LogP contribution in [0.15, 0.2) is 24.5 Å². The number of aromatic nitrogens is 2. The van der Waals surface area contributed by atoms with Crippen LogP contribution in [0.4, 0.5) is 0 Å². The van der Waals surface area contributed by atoms with Gasteiger partial charge in [0, 0.05) is 18.0 Å². The van der Waals surface area contributed by atoms with Crippen molar-refractivity contribution in [2.24, 2.45) is 0 Å². The predicted octanol–water partition coefficient (Wildman–Crippen LogP) is 2.01. The summed E-state index contributed by atoms with van der Waals surface area (Å²) in [5.74, 6) is 0. The highest BCUT2D eigenvalue weighted by atomic mass is 32.1. The Hall–Kier alpha value is -1.26. The minimum absolute atomic E-state index is 0.00572. The fraction of sp³-hybridized carbons (Fsp3) is 0.200. The number of rotatable bonds is 2. The Morgan fingerprint density at radius 1 is 1.50 bits per heavy atom. The Balaban J connectivity index is 2.46. The van der Waals surface area contributed by atoms with Crippen LogP contribution >= 0.6 is 11.3 Å². The maximum Gasteiger partial charge on any atom is 0.119 e. The summed E-state index contributed by atoms with van der Waals surface area (Å²) in [5, 5.41) is 9.71. The molecule has 0 aliphatic rings. The molecule has 0 saturated heterocycles. The summed E-state index contributed by atoms with van der Waals surface area (Å²) in [5.41, 5.74) is 2.01. The van der Waals surface area contributed by atoms with Crippen LogP contribution in [-0.2, 0) is 6.61 Å². The van der Waals surface area contributed by atoms with E-state index in [1.165, 1.54) is 11.3 Å². The first-order valence-corrected chi connectivity index (χ1v) is 5.10. The van der Waals surface area contributed by atoms with Crippen molar-refractivity contribution < 1.29 is 5.11 Å². The maximum atomic E-state index is 8.95. The molecule has 2 aromatic rings. The van der Waals surface area contributed by atoms with Gasteiger partial charge in [-0.15, -0.1) is 11.3 Å². The van der Waals surface area contributed by atoms with Gasteiger partial charge in [0.15, 0.2) is 0 Å². The van der Waals surface area contributed by atoms with Crippen LogP contribution in [0.3, 0.4) is 0 Å². The Kier molecular flexibility index (Phi) is 2.56. The van der Waals surface area contributed by atoms with Crippen molar-refractivity contribution in [3.8, 4) is 10.4 Å². The highest BCUT2D eigenvalue weighted by Crippen LogP contribution is 2.28. The van der Waals surface area contributed by atoms with Gasteiger partial charge in [0.05, 0.1) is 17.2 Å². The Bertz CT molecular complexity index is 425. The molecule has 72 valence electrons. The third-order valence-corrected chi connectivity index (χ3v) is 3.09. The van der Waals surface area contributed by atoms with Gasteiger partial charge >= 0.3 is 0 Å². The number of pyridine rings is 1. The molecule has 0 unspecified atom stereocenters. The summed E-state index contributed by atoms with van der Waals surface area (Å²) in [6.07, 6.45) is 3.55. The van der Waals surface area contributed by atoms with Crippen LogP contribution in [0.5, 0.6) is 0 Å². The quantitative estimate of drug-likeness (QED) is 0.817. The van der Waals surface area contributed by atoms with Crippen molar-refractivity contribution in [3.63, 3.8) is 0 Å². The highest BCUT2D eigenvalue weighted by Gasteiger charge is 2.08. The monoisotopic (exact) mass is 206 g/mol. The van der Waals surface area contributed by atoms with Crippen molar-refractivity contribution in [2.75, 3.05) is 0 Å². The molecule has 0 aliphatic carbocycles. The molecule has 0 aromatic carbocycles. The Labute approximate surface area is 86.1 Å². The smallest absolute Gasteiger partial charge is 0.119 e. The number of nitrogens with zero attached hydrogens (tertiary/aromatic N) is 2.